The van der Waals surface area contributed by atoms with Crippen LogP contribution in [0.1, 0.15) is 16.8 Å². The minimum absolute atomic E-state index is 0.793. The monoisotopic (exact) mass is 293 g/mol. The fourth-order valence-corrected chi connectivity index (χ4v) is 2.07. The Labute approximate surface area is 110 Å². The summed E-state index contributed by atoms with van der Waals surface area (Å²) >= 11 is 3.58. The Balaban J connectivity index is 2.39. The van der Waals surface area contributed by atoms with Gasteiger partial charge in [0.15, 0.2) is 0 Å². The summed E-state index contributed by atoms with van der Waals surface area (Å²) in [5.41, 5.74) is 4.60. The Hall–Kier alpha value is -1.13. The lowest BCUT2D eigenvalue weighted by Gasteiger charge is -2.08. The van der Waals surface area contributed by atoms with Gasteiger partial charge in [-0.3, -0.25) is 0 Å². The van der Waals surface area contributed by atoms with Gasteiger partial charge in [0.1, 0.15) is 0 Å². The molecule has 2 aromatic rings. The van der Waals surface area contributed by atoms with Crippen LogP contribution in [-0.4, -0.2) is 16.8 Å². The quantitative estimate of drug-likeness (QED) is 0.943. The van der Waals surface area contributed by atoms with Gasteiger partial charge in [-0.25, -0.2) is 4.68 Å². The van der Waals surface area contributed by atoms with Gasteiger partial charge in [0.25, 0.3) is 0 Å². The van der Waals surface area contributed by atoms with Gasteiger partial charge >= 0.3 is 0 Å². The van der Waals surface area contributed by atoms with E-state index in [4.69, 9.17) is 0 Å². The van der Waals surface area contributed by atoms with Crippen LogP contribution in [-0.2, 0) is 6.54 Å². The fraction of sp³-hybridized carbons (Fsp3) is 0.308. The van der Waals surface area contributed by atoms with E-state index >= 15 is 0 Å². The van der Waals surface area contributed by atoms with Gasteiger partial charge in [-0.1, -0.05) is 15.9 Å². The van der Waals surface area contributed by atoms with Crippen molar-refractivity contribution in [1.29, 1.82) is 0 Å². The first-order chi connectivity index (χ1) is 8.11. The van der Waals surface area contributed by atoms with Crippen molar-refractivity contribution in [2.75, 3.05) is 7.05 Å². The maximum absolute atomic E-state index is 4.52. The molecule has 3 nitrogen and oxygen atoms in total. The van der Waals surface area contributed by atoms with Crippen molar-refractivity contribution in [2.45, 2.75) is 20.4 Å². The third-order valence-corrected chi connectivity index (χ3v) is 3.94. The van der Waals surface area contributed by atoms with E-state index in [0.29, 0.717) is 0 Å². The molecule has 1 aromatic heterocycles. The summed E-state index contributed by atoms with van der Waals surface area (Å²) in [7, 11) is 1.92. The molecule has 2 rings (SSSR count). The number of benzene rings is 1. The molecule has 0 aliphatic carbocycles. The van der Waals surface area contributed by atoms with E-state index in [1.54, 1.807) is 0 Å². The number of hydrogen-bond donors (Lipinski definition) is 1. The zero-order valence-corrected chi connectivity index (χ0v) is 11.9. The average Bonchev–Trinajstić information content (AvgIpc) is 2.74. The fourth-order valence-electron chi connectivity index (χ4n) is 1.84. The molecule has 4 heteroatoms. The number of nitrogens with zero attached hydrogens (tertiary/aromatic N) is 2. The first kappa shape index (κ1) is 12.3. The van der Waals surface area contributed by atoms with Gasteiger partial charge in [0.05, 0.1) is 11.4 Å². The molecule has 0 saturated carbocycles. The second-order valence-corrected chi connectivity index (χ2v) is 4.97. The number of rotatable bonds is 3. The van der Waals surface area contributed by atoms with Crippen LogP contribution >= 0.6 is 15.9 Å². The molecule has 0 atom stereocenters. The van der Waals surface area contributed by atoms with Crippen molar-refractivity contribution >= 4 is 15.9 Å². The van der Waals surface area contributed by atoms with Crippen molar-refractivity contribution in [2.24, 2.45) is 0 Å². The predicted molar refractivity (Wildman–Crippen MR) is 73.5 cm³/mol. The molecular weight excluding hydrogens is 278 g/mol. The molecule has 0 spiro atoms. The van der Waals surface area contributed by atoms with Crippen LogP contribution in [0.2, 0.25) is 0 Å². The van der Waals surface area contributed by atoms with Crippen LogP contribution < -0.4 is 5.32 Å². The number of hydrogen-bond acceptors (Lipinski definition) is 2. The largest absolute Gasteiger partial charge is 0.314 e. The second kappa shape index (κ2) is 5.02. The highest BCUT2D eigenvalue weighted by Crippen LogP contribution is 2.24. The smallest absolute Gasteiger partial charge is 0.0766 e. The van der Waals surface area contributed by atoms with Crippen molar-refractivity contribution in [3.05, 3.63) is 45.7 Å². The van der Waals surface area contributed by atoms with Crippen LogP contribution in [0.25, 0.3) is 5.69 Å². The molecule has 0 aliphatic rings. The lowest BCUT2D eigenvalue weighted by Crippen LogP contribution is -2.06. The molecule has 0 aliphatic heterocycles. The van der Waals surface area contributed by atoms with E-state index < -0.39 is 0 Å². The van der Waals surface area contributed by atoms with Crippen molar-refractivity contribution in [3.8, 4) is 5.69 Å². The Kier molecular flexibility index (Phi) is 3.64. The summed E-state index contributed by atoms with van der Waals surface area (Å²) in [4.78, 5) is 0. The van der Waals surface area contributed by atoms with Gasteiger partial charge in [-0.15, -0.1) is 0 Å². The number of nitrogens with one attached hydrogen (secondary N) is 1. The van der Waals surface area contributed by atoms with Crippen LogP contribution in [0, 0.1) is 13.8 Å². The van der Waals surface area contributed by atoms with E-state index in [0.717, 1.165) is 17.9 Å². The van der Waals surface area contributed by atoms with E-state index in [2.05, 4.69) is 52.3 Å². The first-order valence-electron chi connectivity index (χ1n) is 5.58. The highest BCUT2D eigenvalue weighted by Gasteiger charge is 2.05. The standard InChI is InChI=1S/C13H16BrN3/c1-9-6-12(7-10(2)13(9)14)17-5-4-11(16-17)8-15-3/h4-7,15H,8H2,1-3H3. The maximum Gasteiger partial charge on any atom is 0.0766 e. The molecule has 0 radical (unpaired) electrons. The normalized spacial score (nSPS) is 10.8. The topological polar surface area (TPSA) is 29.9 Å². The molecule has 1 heterocycles. The molecule has 1 aromatic carbocycles. The predicted octanol–water partition coefficient (Wildman–Crippen LogP) is 2.97. The lowest BCUT2D eigenvalue weighted by molar-refractivity contribution is 0.756. The van der Waals surface area contributed by atoms with E-state index in [1.165, 1.54) is 15.6 Å². The van der Waals surface area contributed by atoms with Crippen molar-refractivity contribution < 1.29 is 0 Å². The molecule has 1 N–H and O–H groups in total. The molecule has 0 bridgehead atoms. The number of halogens is 1. The number of aryl methyl sites for hydroxylation is 2. The second-order valence-electron chi connectivity index (χ2n) is 4.18. The van der Waals surface area contributed by atoms with Gasteiger partial charge in [0, 0.05) is 17.2 Å². The summed E-state index contributed by atoms with van der Waals surface area (Å²) < 4.78 is 3.09. The highest BCUT2D eigenvalue weighted by atomic mass is 79.9. The molecule has 0 amide bonds. The first-order valence-corrected chi connectivity index (χ1v) is 6.37. The third kappa shape index (κ3) is 2.58. The van der Waals surface area contributed by atoms with E-state index in [9.17, 15) is 0 Å². The Morgan fingerprint density at radius 2 is 1.94 bits per heavy atom. The average molecular weight is 294 g/mol. The molecule has 17 heavy (non-hydrogen) atoms. The lowest BCUT2D eigenvalue weighted by atomic mass is 10.1. The minimum atomic E-state index is 0.793. The molecular formula is C13H16BrN3. The Morgan fingerprint density at radius 3 is 2.53 bits per heavy atom. The van der Waals surface area contributed by atoms with Crippen molar-refractivity contribution in [1.82, 2.24) is 15.1 Å². The molecule has 0 unspecified atom stereocenters. The summed E-state index contributed by atoms with van der Waals surface area (Å²) in [6, 6.07) is 6.30. The SMILES string of the molecule is CNCc1ccn(-c2cc(C)c(Br)c(C)c2)n1. The summed E-state index contributed by atoms with van der Waals surface area (Å²) in [6.07, 6.45) is 1.99. The molecule has 0 fully saturated rings. The third-order valence-electron chi connectivity index (χ3n) is 2.69. The molecule has 0 saturated heterocycles. The van der Waals surface area contributed by atoms with Crippen LogP contribution in [0.5, 0.6) is 0 Å². The zero-order chi connectivity index (χ0) is 12.4. The summed E-state index contributed by atoms with van der Waals surface area (Å²) in [5, 5.41) is 7.62. The zero-order valence-electron chi connectivity index (χ0n) is 10.3. The van der Waals surface area contributed by atoms with Crippen LogP contribution in [0.4, 0.5) is 0 Å². The van der Waals surface area contributed by atoms with Gasteiger partial charge in [-0.2, -0.15) is 5.10 Å². The van der Waals surface area contributed by atoms with Crippen molar-refractivity contribution in [3.63, 3.8) is 0 Å². The van der Waals surface area contributed by atoms with Gasteiger partial charge in [0.2, 0.25) is 0 Å². The van der Waals surface area contributed by atoms with E-state index in [-0.39, 0.29) is 0 Å². The Bertz CT molecular complexity index is 508. The van der Waals surface area contributed by atoms with Crippen LogP contribution in [0.3, 0.4) is 0 Å². The number of aromatic nitrogens is 2. The molecule has 90 valence electrons. The Morgan fingerprint density at radius 1 is 1.29 bits per heavy atom. The highest BCUT2D eigenvalue weighted by molar-refractivity contribution is 9.10. The van der Waals surface area contributed by atoms with Crippen LogP contribution in [0.15, 0.2) is 28.9 Å². The maximum atomic E-state index is 4.52. The summed E-state index contributed by atoms with van der Waals surface area (Å²) in [6.45, 7) is 4.98. The van der Waals surface area contributed by atoms with Gasteiger partial charge < -0.3 is 5.32 Å². The minimum Gasteiger partial charge on any atom is -0.314 e. The van der Waals surface area contributed by atoms with E-state index in [1.807, 2.05) is 24.0 Å². The van der Waals surface area contributed by atoms with Gasteiger partial charge in [-0.05, 0) is 50.2 Å². The summed E-state index contributed by atoms with van der Waals surface area (Å²) in [5.74, 6) is 0.